The van der Waals surface area contributed by atoms with E-state index >= 15 is 0 Å². The Hall–Kier alpha value is -1.60. The van der Waals surface area contributed by atoms with Gasteiger partial charge < -0.3 is 10.1 Å². The highest BCUT2D eigenvalue weighted by Crippen LogP contribution is 2.19. The van der Waals surface area contributed by atoms with Crippen molar-refractivity contribution in [3.05, 3.63) is 24.3 Å². The van der Waals surface area contributed by atoms with E-state index in [9.17, 15) is 13.2 Å². The summed E-state index contributed by atoms with van der Waals surface area (Å²) in [4.78, 5) is 12.5. The van der Waals surface area contributed by atoms with Gasteiger partial charge in [-0.3, -0.25) is 4.79 Å². The van der Waals surface area contributed by atoms with Gasteiger partial charge in [0, 0.05) is 12.1 Å². The summed E-state index contributed by atoms with van der Waals surface area (Å²) >= 11 is 0. The first-order valence-electron chi connectivity index (χ1n) is 9.91. The van der Waals surface area contributed by atoms with E-state index in [1.165, 1.54) is 18.6 Å². The van der Waals surface area contributed by atoms with Crippen molar-refractivity contribution in [2.75, 3.05) is 0 Å². The van der Waals surface area contributed by atoms with Crippen LogP contribution < -0.4 is 14.8 Å². The molecule has 0 bridgehead atoms. The first-order valence-corrected chi connectivity index (χ1v) is 11.4. The van der Waals surface area contributed by atoms with E-state index in [4.69, 9.17) is 4.74 Å². The molecule has 0 radical (unpaired) electrons. The molecule has 1 aliphatic rings. The third-order valence-electron chi connectivity index (χ3n) is 4.85. The molecule has 2 N–H and O–H groups in total. The molecule has 0 spiro atoms. The molecule has 0 saturated heterocycles. The van der Waals surface area contributed by atoms with E-state index in [0.29, 0.717) is 5.75 Å². The van der Waals surface area contributed by atoms with E-state index < -0.39 is 16.1 Å². The van der Waals surface area contributed by atoms with Gasteiger partial charge in [0.1, 0.15) is 5.75 Å². The minimum absolute atomic E-state index is 0.112. The van der Waals surface area contributed by atoms with Crippen LogP contribution in [0.5, 0.6) is 5.75 Å². The topological polar surface area (TPSA) is 84.5 Å². The molecule has 1 aliphatic carbocycles. The summed E-state index contributed by atoms with van der Waals surface area (Å²) in [6.07, 6.45) is 6.66. The average Bonchev–Trinajstić information content (AvgIpc) is 2.62. The molecule has 0 aliphatic heterocycles. The van der Waals surface area contributed by atoms with Crippen LogP contribution in [0.1, 0.15) is 65.7 Å². The van der Waals surface area contributed by atoms with E-state index in [1.54, 1.807) is 19.1 Å². The molecule has 1 aromatic carbocycles. The highest BCUT2D eigenvalue weighted by molar-refractivity contribution is 7.89. The number of benzene rings is 1. The number of hydrogen-bond donors (Lipinski definition) is 2. The highest BCUT2D eigenvalue weighted by Gasteiger charge is 2.21. The SMILES string of the molecule is CCC[C@H](C)NS(=O)(=O)c1ccc(O[C@@H](C)C(=O)NC2CCCCC2)cc1. The van der Waals surface area contributed by atoms with Crippen LogP contribution in [0.3, 0.4) is 0 Å². The van der Waals surface area contributed by atoms with Crippen molar-refractivity contribution in [1.29, 1.82) is 0 Å². The zero-order valence-corrected chi connectivity index (χ0v) is 17.3. The number of rotatable bonds is 9. The van der Waals surface area contributed by atoms with E-state index in [1.807, 2.05) is 13.8 Å². The van der Waals surface area contributed by atoms with Crippen molar-refractivity contribution in [1.82, 2.24) is 10.0 Å². The van der Waals surface area contributed by atoms with Crippen molar-refractivity contribution < 1.29 is 17.9 Å². The Kier molecular flexibility index (Phi) is 8.10. The van der Waals surface area contributed by atoms with Gasteiger partial charge in [-0.05, 0) is 57.4 Å². The first-order chi connectivity index (χ1) is 12.8. The normalized spacial score (nSPS) is 17.9. The zero-order chi connectivity index (χ0) is 19.9. The Morgan fingerprint density at radius 2 is 1.78 bits per heavy atom. The molecule has 2 rings (SSSR count). The Morgan fingerprint density at radius 1 is 1.15 bits per heavy atom. The Bertz CT molecular complexity index is 697. The maximum absolute atomic E-state index is 12.4. The third kappa shape index (κ3) is 6.81. The predicted molar refractivity (Wildman–Crippen MR) is 106 cm³/mol. The molecule has 152 valence electrons. The fourth-order valence-electron chi connectivity index (χ4n) is 3.35. The van der Waals surface area contributed by atoms with Crippen molar-refractivity contribution in [3.8, 4) is 5.75 Å². The summed E-state index contributed by atoms with van der Waals surface area (Å²) in [5.74, 6) is 0.343. The van der Waals surface area contributed by atoms with Gasteiger partial charge in [-0.15, -0.1) is 0 Å². The van der Waals surface area contributed by atoms with Crippen LogP contribution in [0, 0.1) is 0 Å². The molecule has 1 amide bonds. The molecule has 1 aromatic rings. The molecule has 2 atom stereocenters. The lowest BCUT2D eigenvalue weighted by atomic mass is 9.95. The number of nitrogens with one attached hydrogen (secondary N) is 2. The molecular weight excluding hydrogens is 364 g/mol. The second kappa shape index (κ2) is 10.1. The fraction of sp³-hybridized carbons (Fsp3) is 0.650. The Balaban J connectivity index is 1.91. The molecule has 1 fully saturated rings. The van der Waals surface area contributed by atoms with Gasteiger partial charge in [-0.1, -0.05) is 32.6 Å². The third-order valence-corrected chi connectivity index (χ3v) is 6.45. The van der Waals surface area contributed by atoms with Gasteiger partial charge in [0.25, 0.3) is 5.91 Å². The molecule has 6 nitrogen and oxygen atoms in total. The maximum atomic E-state index is 12.4. The van der Waals surface area contributed by atoms with Crippen LogP contribution in [-0.4, -0.2) is 32.5 Å². The van der Waals surface area contributed by atoms with Crippen LogP contribution in [0.2, 0.25) is 0 Å². The average molecular weight is 397 g/mol. The smallest absolute Gasteiger partial charge is 0.260 e. The monoisotopic (exact) mass is 396 g/mol. The van der Waals surface area contributed by atoms with Crippen LogP contribution in [-0.2, 0) is 14.8 Å². The summed E-state index contributed by atoms with van der Waals surface area (Å²) in [5, 5.41) is 3.04. The summed E-state index contributed by atoms with van der Waals surface area (Å²) in [6, 6.07) is 6.30. The number of carbonyl (C=O) groups is 1. The molecule has 1 saturated carbocycles. The van der Waals surface area contributed by atoms with Crippen molar-refractivity contribution >= 4 is 15.9 Å². The summed E-state index contributed by atoms with van der Waals surface area (Å²) in [7, 11) is -3.55. The molecule has 27 heavy (non-hydrogen) atoms. The number of ether oxygens (including phenoxy) is 1. The quantitative estimate of drug-likeness (QED) is 0.670. The van der Waals surface area contributed by atoms with Crippen LogP contribution in [0.25, 0.3) is 0 Å². The predicted octanol–water partition coefficient (Wildman–Crippen LogP) is 3.37. The van der Waals surface area contributed by atoms with Crippen LogP contribution in [0.15, 0.2) is 29.2 Å². The first kappa shape index (κ1) is 21.7. The molecule has 0 aromatic heterocycles. The van der Waals surface area contributed by atoms with Gasteiger partial charge >= 0.3 is 0 Å². The zero-order valence-electron chi connectivity index (χ0n) is 16.5. The van der Waals surface area contributed by atoms with Gasteiger partial charge in [0.2, 0.25) is 10.0 Å². The molecule has 0 heterocycles. The van der Waals surface area contributed by atoms with Gasteiger partial charge in [0.05, 0.1) is 4.90 Å². The standard InChI is InChI=1S/C20H32N2O4S/c1-4-8-15(2)22-27(24,25)19-13-11-18(12-14-19)26-16(3)20(23)21-17-9-6-5-7-10-17/h11-17,22H,4-10H2,1-3H3,(H,21,23)/t15-,16-/m0/s1. The minimum atomic E-state index is -3.55. The number of sulfonamides is 1. The Labute approximate surface area is 163 Å². The lowest BCUT2D eigenvalue weighted by molar-refractivity contribution is -0.128. The lowest BCUT2D eigenvalue weighted by Crippen LogP contribution is -2.43. The lowest BCUT2D eigenvalue weighted by Gasteiger charge is -2.24. The minimum Gasteiger partial charge on any atom is -0.481 e. The number of hydrogen-bond acceptors (Lipinski definition) is 4. The van der Waals surface area contributed by atoms with Crippen LogP contribution in [0.4, 0.5) is 0 Å². The Morgan fingerprint density at radius 3 is 2.37 bits per heavy atom. The van der Waals surface area contributed by atoms with Crippen molar-refractivity contribution in [2.45, 2.75) is 88.8 Å². The van der Waals surface area contributed by atoms with Gasteiger partial charge in [-0.25, -0.2) is 13.1 Å². The second-order valence-electron chi connectivity index (χ2n) is 7.39. The summed E-state index contributed by atoms with van der Waals surface area (Å²) < 4.78 is 33.1. The number of carbonyl (C=O) groups excluding carboxylic acids is 1. The maximum Gasteiger partial charge on any atom is 0.260 e. The molecule has 7 heteroatoms. The van der Waals surface area contributed by atoms with E-state index in [0.717, 1.165) is 38.5 Å². The largest absolute Gasteiger partial charge is 0.481 e. The van der Waals surface area contributed by atoms with Crippen molar-refractivity contribution in [2.24, 2.45) is 0 Å². The summed E-state index contributed by atoms with van der Waals surface area (Å²) in [6.45, 7) is 5.57. The second-order valence-corrected chi connectivity index (χ2v) is 9.10. The van der Waals surface area contributed by atoms with Crippen molar-refractivity contribution in [3.63, 3.8) is 0 Å². The van der Waals surface area contributed by atoms with Gasteiger partial charge in [-0.2, -0.15) is 0 Å². The molecular formula is C20H32N2O4S. The highest BCUT2D eigenvalue weighted by atomic mass is 32.2. The van der Waals surface area contributed by atoms with E-state index in [-0.39, 0.29) is 22.9 Å². The van der Waals surface area contributed by atoms with Crippen LogP contribution >= 0.6 is 0 Å². The van der Waals surface area contributed by atoms with Gasteiger partial charge in [0.15, 0.2) is 6.10 Å². The molecule has 0 unspecified atom stereocenters. The van der Waals surface area contributed by atoms with E-state index in [2.05, 4.69) is 10.0 Å². The number of amides is 1. The fourth-order valence-corrected chi connectivity index (χ4v) is 4.62. The summed E-state index contributed by atoms with van der Waals surface area (Å²) in [5.41, 5.74) is 0.